The standard InChI is InChI=1S/C70H150N4O6P2/c1-9-13-17-21-25-29-33-37-41-45-49-55-67-77-81(75,78-68-56-50-46-42-38-34-30-26-22-18-14-10-2)71-61-59-65-73(5,6)63-53-54-64-74(7,8)66-60-62-72-82(76,79-69-57-51-47-43-39-35-31-27-23-19-15-11-3)80-70-58-52-48-44-40-36-32-28-24-20-16-12-4/h9-70H2,1-8H3,(H,71,75)(H,72,76)/q+2. The number of hydrogen-bond acceptors (Lipinski definition) is 6. The van der Waals surface area contributed by atoms with Crippen molar-refractivity contribution in [2.45, 2.75) is 362 Å². The smallest absolute Gasteiger partial charge is 0.328 e. The highest BCUT2D eigenvalue weighted by Crippen LogP contribution is 2.45. The molecule has 0 aliphatic carbocycles. The van der Waals surface area contributed by atoms with Crippen molar-refractivity contribution >= 4 is 15.5 Å². The Labute approximate surface area is 514 Å². The summed E-state index contributed by atoms with van der Waals surface area (Å²) >= 11 is 0. The van der Waals surface area contributed by atoms with Crippen molar-refractivity contribution < 1.29 is 36.2 Å². The van der Waals surface area contributed by atoms with Crippen LogP contribution in [0.3, 0.4) is 0 Å². The van der Waals surface area contributed by atoms with Crippen molar-refractivity contribution in [3.05, 3.63) is 0 Å². The van der Waals surface area contributed by atoms with E-state index in [1.165, 1.54) is 257 Å². The Hall–Kier alpha value is 0.140. The highest BCUT2D eigenvalue weighted by Gasteiger charge is 2.27. The number of nitrogens with one attached hydrogen (secondary N) is 2. The zero-order valence-electron chi connectivity index (χ0n) is 57.1. The highest BCUT2D eigenvalue weighted by molar-refractivity contribution is 7.51. The second-order valence-corrected chi connectivity index (χ2v) is 30.5. The van der Waals surface area contributed by atoms with Crippen LogP contribution in [0, 0.1) is 0 Å². The molecule has 0 aromatic rings. The third kappa shape index (κ3) is 60.4. The summed E-state index contributed by atoms with van der Waals surface area (Å²) in [6, 6.07) is 0. The van der Waals surface area contributed by atoms with Crippen molar-refractivity contribution in [1.29, 1.82) is 0 Å². The van der Waals surface area contributed by atoms with Crippen LogP contribution >= 0.6 is 15.5 Å². The average molecular weight is 1210 g/mol. The predicted octanol–water partition coefficient (Wildman–Crippen LogP) is 23.0. The fourth-order valence-corrected chi connectivity index (χ4v) is 14.4. The summed E-state index contributed by atoms with van der Waals surface area (Å²) in [4.78, 5) is 0. The van der Waals surface area contributed by atoms with Gasteiger partial charge < -0.3 is 8.97 Å². The first kappa shape index (κ1) is 82.1. The summed E-state index contributed by atoms with van der Waals surface area (Å²) in [6.07, 6.45) is 66.4. The second kappa shape index (κ2) is 61.4. The van der Waals surface area contributed by atoms with Gasteiger partial charge in [0.25, 0.3) is 0 Å². The molecule has 0 aromatic carbocycles. The van der Waals surface area contributed by atoms with E-state index >= 15 is 0 Å². The highest BCUT2D eigenvalue weighted by atomic mass is 31.2. The Morgan fingerprint density at radius 3 is 0.573 bits per heavy atom. The van der Waals surface area contributed by atoms with E-state index in [4.69, 9.17) is 18.1 Å². The van der Waals surface area contributed by atoms with Crippen LogP contribution in [0.2, 0.25) is 0 Å². The van der Waals surface area contributed by atoms with Crippen molar-refractivity contribution in [3.63, 3.8) is 0 Å². The maximum atomic E-state index is 14.1. The molecule has 0 radical (unpaired) electrons. The quantitative estimate of drug-likeness (QED) is 0.0353. The molecule has 0 atom stereocenters. The zero-order chi connectivity index (χ0) is 60.1. The molecule has 0 aliphatic heterocycles. The second-order valence-electron chi connectivity index (χ2n) is 26.9. The van der Waals surface area contributed by atoms with E-state index in [0.29, 0.717) is 39.5 Å². The van der Waals surface area contributed by atoms with E-state index in [9.17, 15) is 9.13 Å². The molecule has 0 amide bonds. The van der Waals surface area contributed by atoms with Gasteiger partial charge >= 0.3 is 15.5 Å². The Balaban J connectivity index is 4.84. The van der Waals surface area contributed by atoms with Crippen molar-refractivity contribution in [2.24, 2.45) is 0 Å². The lowest BCUT2D eigenvalue weighted by Crippen LogP contribution is -2.44. The third-order valence-electron chi connectivity index (χ3n) is 17.3. The largest absolute Gasteiger partial charge is 0.405 e. The van der Waals surface area contributed by atoms with Gasteiger partial charge in [-0.15, -0.1) is 0 Å². The van der Waals surface area contributed by atoms with Gasteiger partial charge in [0, 0.05) is 38.8 Å². The van der Waals surface area contributed by atoms with Crippen LogP contribution in [0.4, 0.5) is 0 Å². The van der Waals surface area contributed by atoms with Gasteiger partial charge in [-0.2, -0.15) is 0 Å². The molecule has 0 rings (SSSR count). The molecule has 0 saturated heterocycles. The molecular formula is C70H150N4O6P2+2. The predicted molar refractivity (Wildman–Crippen MR) is 361 cm³/mol. The van der Waals surface area contributed by atoms with E-state index in [0.717, 1.165) is 112 Å². The lowest BCUT2D eigenvalue weighted by Gasteiger charge is -2.32. The van der Waals surface area contributed by atoms with Gasteiger partial charge in [-0.25, -0.2) is 19.3 Å². The topological polar surface area (TPSA) is 95.1 Å². The minimum absolute atomic E-state index is 0.496. The van der Waals surface area contributed by atoms with Crippen molar-refractivity contribution in [3.8, 4) is 0 Å². The molecule has 0 spiro atoms. The Kier molecular flexibility index (Phi) is 61.5. The van der Waals surface area contributed by atoms with Gasteiger partial charge in [-0.3, -0.25) is 18.1 Å². The Bertz CT molecular complexity index is 1210. The fourth-order valence-electron chi connectivity index (χ4n) is 11.5. The molecule has 82 heavy (non-hydrogen) atoms. The van der Waals surface area contributed by atoms with Crippen LogP contribution in [-0.4, -0.2) is 103 Å². The number of quaternary nitrogens is 2. The molecule has 0 aromatic heterocycles. The maximum absolute atomic E-state index is 14.1. The summed E-state index contributed by atoms with van der Waals surface area (Å²) in [6.45, 7) is 16.6. The Morgan fingerprint density at radius 1 is 0.232 bits per heavy atom. The van der Waals surface area contributed by atoms with Crippen molar-refractivity contribution in [2.75, 3.05) is 93.9 Å². The molecular weight excluding hydrogens is 1050 g/mol. The number of rotatable bonds is 71. The summed E-state index contributed by atoms with van der Waals surface area (Å²) in [5.41, 5.74) is 0. The van der Waals surface area contributed by atoms with Gasteiger partial charge in [0.2, 0.25) is 0 Å². The maximum Gasteiger partial charge on any atom is 0.405 e. The first-order valence-corrected chi connectivity index (χ1v) is 39.9. The molecule has 494 valence electrons. The normalized spacial score (nSPS) is 12.6. The SMILES string of the molecule is CCCCCCCCCCCCCCOP(=O)(NCCC[N+](C)(C)CCCC[N+](C)(C)CCCNP(=O)(OCCCCCCCCCCCCCC)OCCCCCCCCCCCCCC)OCCCCCCCCCCCCCC. The van der Waals surface area contributed by atoms with E-state index in [2.05, 4.69) is 66.1 Å². The van der Waals surface area contributed by atoms with Crippen LogP contribution in [0.1, 0.15) is 362 Å². The minimum Gasteiger partial charge on any atom is -0.328 e. The molecule has 2 N–H and O–H groups in total. The monoisotopic (exact) mass is 1210 g/mol. The van der Waals surface area contributed by atoms with Crippen LogP contribution < -0.4 is 10.2 Å². The number of nitrogens with zero attached hydrogens (tertiary/aromatic N) is 2. The lowest BCUT2D eigenvalue weighted by molar-refractivity contribution is -0.896. The van der Waals surface area contributed by atoms with Crippen LogP contribution in [-0.2, 0) is 27.2 Å². The first-order valence-electron chi connectivity index (χ1n) is 36.8. The van der Waals surface area contributed by atoms with E-state index < -0.39 is 15.5 Å². The van der Waals surface area contributed by atoms with Gasteiger partial charge in [0.1, 0.15) is 0 Å². The van der Waals surface area contributed by atoms with E-state index in [1.54, 1.807) is 0 Å². The van der Waals surface area contributed by atoms with Gasteiger partial charge in [-0.05, 0) is 25.7 Å². The van der Waals surface area contributed by atoms with Crippen LogP contribution in [0.25, 0.3) is 0 Å². The lowest BCUT2D eigenvalue weighted by atomic mass is 10.1. The van der Waals surface area contributed by atoms with Crippen molar-refractivity contribution in [1.82, 2.24) is 10.2 Å². The van der Waals surface area contributed by atoms with Gasteiger partial charge in [-0.1, -0.05) is 310 Å². The van der Waals surface area contributed by atoms with Crippen LogP contribution in [0.15, 0.2) is 0 Å². The molecule has 0 fully saturated rings. The van der Waals surface area contributed by atoms with E-state index in [1.807, 2.05) is 0 Å². The summed E-state index contributed by atoms with van der Waals surface area (Å²) in [5.74, 6) is 0. The Morgan fingerprint density at radius 2 is 0.390 bits per heavy atom. The molecule has 0 aliphatic rings. The summed E-state index contributed by atoms with van der Waals surface area (Å²) in [5, 5.41) is 6.59. The average Bonchev–Trinajstić information content (AvgIpc) is 3.47. The fraction of sp³-hybridized carbons (Fsp3) is 1.00. The van der Waals surface area contributed by atoms with Gasteiger partial charge in [0.15, 0.2) is 0 Å². The van der Waals surface area contributed by atoms with Gasteiger partial charge in [0.05, 0.1) is 80.8 Å². The molecule has 10 nitrogen and oxygen atoms in total. The summed E-state index contributed by atoms with van der Waals surface area (Å²) in [7, 11) is 2.61. The third-order valence-corrected chi connectivity index (χ3v) is 20.6. The molecule has 12 heteroatoms. The minimum atomic E-state index is -3.36. The molecule has 0 heterocycles. The molecule has 0 unspecified atom stereocenters. The van der Waals surface area contributed by atoms with Crippen LogP contribution in [0.5, 0.6) is 0 Å². The first-order chi connectivity index (χ1) is 39.9. The van der Waals surface area contributed by atoms with E-state index in [-0.39, 0.29) is 0 Å². The zero-order valence-corrected chi connectivity index (χ0v) is 58.9. The molecule has 0 saturated carbocycles. The molecule has 0 bridgehead atoms. The number of unbranched alkanes of at least 4 members (excludes halogenated alkanes) is 45. The summed E-state index contributed by atoms with van der Waals surface area (Å²) < 4.78 is 54.4. The number of hydrogen-bond donors (Lipinski definition) is 2.